The van der Waals surface area contributed by atoms with E-state index in [-0.39, 0.29) is 11.7 Å². The Morgan fingerprint density at radius 2 is 2.24 bits per heavy atom. The van der Waals surface area contributed by atoms with Gasteiger partial charge in [-0.05, 0) is 38.2 Å². The molecule has 0 N–H and O–H groups in total. The molecule has 0 bridgehead atoms. The Labute approximate surface area is 102 Å². The van der Waals surface area contributed by atoms with Gasteiger partial charge in [-0.25, -0.2) is 4.79 Å². The zero-order valence-electron chi connectivity index (χ0n) is 10.6. The quantitative estimate of drug-likeness (QED) is 0.809. The first-order chi connectivity index (χ1) is 8.24. The molecule has 1 aromatic heterocycles. The van der Waals surface area contributed by atoms with E-state index in [1.807, 2.05) is 6.92 Å². The van der Waals surface area contributed by atoms with Crippen LogP contribution in [0, 0.1) is 6.92 Å². The second kappa shape index (κ2) is 5.50. The third kappa shape index (κ3) is 2.60. The molecular weight excluding hydrogens is 216 g/mol. The van der Waals surface area contributed by atoms with E-state index in [9.17, 15) is 4.79 Å². The molecule has 0 amide bonds. The van der Waals surface area contributed by atoms with E-state index in [1.165, 1.54) is 6.42 Å². The smallest absolute Gasteiger partial charge is 0.339 e. The van der Waals surface area contributed by atoms with Crippen LogP contribution in [0.25, 0.3) is 0 Å². The van der Waals surface area contributed by atoms with Crippen molar-refractivity contribution in [2.75, 3.05) is 6.61 Å². The molecule has 3 heteroatoms. The highest BCUT2D eigenvalue weighted by molar-refractivity contribution is 5.31. The van der Waals surface area contributed by atoms with Crippen LogP contribution < -0.4 is 5.63 Å². The van der Waals surface area contributed by atoms with Gasteiger partial charge in [-0.3, -0.25) is 0 Å². The molecule has 1 aliphatic rings. The van der Waals surface area contributed by atoms with Crippen molar-refractivity contribution in [1.29, 1.82) is 0 Å². The Bertz CT molecular complexity index is 428. The number of hydrogen-bond acceptors (Lipinski definition) is 3. The molecule has 1 fully saturated rings. The van der Waals surface area contributed by atoms with E-state index in [2.05, 4.69) is 6.92 Å². The van der Waals surface area contributed by atoms with Crippen molar-refractivity contribution in [2.24, 2.45) is 0 Å². The molecule has 0 radical (unpaired) electrons. The lowest BCUT2D eigenvalue weighted by Crippen LogP contribution is -2.17. The lowest BCUT2D eigenvalue weighted by atomic mass is 9.96. The zero-order valence-corrected chi connectivity index (χ0v) is 10.6. The molecule has 0 aliphatic carbocycles. The number of ether oxygens (including phenoxy) is 1. The molecule has 1 atom stereocenters. The maximum Gasteiger partial charge on any atom is 0.339 e. The molecule has 1 unspecified atom stereocenters. The fourth-order valence-corrected chi connectivity index (χ4v) is 2.45. The minimum atomic E-state index is -0.191. The maximum absolute atomic E-state index is 11.7. The van der Waals surface area contributed by atoms with Crippen molar-refractivity contribution in [1.82, 2.24) is 0 Å². The van der Waals surface area contributed by atoms with Gasteiger partial charge in [-0.1, -0.05) is 13.3 Å². The molecule has 3 nitrogen and oxygen atoms in total. The summed E-state index contributed by atoms with van der Waals surface area (Å²) in [5.41, 5.74) is 2.76. The SMILES string of the molecule is CCCc1c(C)c(C2CCCCO2)coc1=O. The van der Waals surface area contributed by atoms with Gasteiger partial charge < -0.3 is 9.15 Å². The summed E-state index contributed by atoms with van der Waals surface area (Å²) in [7, 11) is 0. The van der Waals surface area contributed by atoms with Crippen LogP contribution >= 0.6 is 0 Å². The van der Waals surface area contributed by atoms with Gasteiger partial charge in [-0.15, -0.1) is 0 Å². The van der Waals surface area contributed by atoms with E-state index < -0.39 is 0 Å². The van der Waals surface area contributed by atoms with Gasteiger partial charge in [0.1, 0.15) is 6.26 Å². The Kier molecular flexibility index (Phi) is 4.00. The first-order valence-corrected chi connectivity index (χ1v) is 6.46. The molecular formula is C14H20O3. The lowest BCUT2D eigenvalue weighted by molar-refractivity contribution is 0.0133. The van der Waals surface area contributed by atoms with Crippen LogP contribution in [0.3, 0.4) is 0 Å². The van der Waals surface area contributed by atoms with Gasteiger partial charge in [-0.2, -0.15) is 0 Å². The highest BCUT2D eigenvalue weighted by Crippen LogP contribution is 2.30. The Morgan fingerprint density at radius 3 is 2.88 bits per heavy atom. The van der Waals surface area contributed by atoms with Crippen molar-refractivity contribution in [2.45, 2.75) is 52.1 Å². The van der Waals surface area contributed by atoms with E-state index in [4.69, 9.17) is 9.15 Å². The van der Waals surface area contributed by atoms with Crippen molar-refractivity contribution in [3.8, 4) is 0 Å². The summed E-state index contributed by atoms with van der Waals surface area (Å²) >= 11 is 0. The topological polar surface area (TPSA) is 39.4 Å². The zero-order chi connectivity index (χ0) is 12.3. The summed E-state index contributed by atoms with van der Waals surface area (Å²) in [5, 5.41) is 0. The third-order valence-corrected chi connectivity index (χ3v) is 3.45. The van der Waals surface area contributed by atoms with E-state index >= 15 is 0 Å². The Hall–Kier alpha value is -1.09. The molecule has 2 heterocycles. The Balaban J connectivity index is 2.34. The van der Waals surface area contributed by atoms with Crippen molar-refractivity contribution < 1.29 is 9.15 Å². The van der Waals surface area contributed by atoms with Gasteiger partial charge >= 0.3 is 5.63 Å². The molecule has 1 saturated heterocycles. The summed E-state index contributed by atoms with van der Waals surface area (Å²) in [4.78, 5) is 11.7. The average molecular weight is 236 g/mol. The van der Waals surface area contributed by atoms with Crippen LogP contribution in [-0.2, 0) is 11.2 Å². The van der Waals surface area contributed by atoms with Crippen LogP contribution in [0.4, 0.5) is 0 Å². The summed E-state index contributed by atoms with van der Waals surface area (Å²) in [6, 6.07) is 0. The molecule has 94 valence electrons. The molecule has 0 saturated carbocycles. The highest BCUT2D eigenvalue weighted by Gasteiger charge is 2.21. The average Bonchev–Trinajstić information content (AvgIpc) is 2.36. The van der Waals surface area contributed by atoms with Crippen LogP contribution in [0.1, 0.15) is 55.4 Å². The second-order valence-electron chi connectivity index (χ2n) is 4.69. The molecule has 2 rings (SSSR count). The third-order valence-electron chi connectivity index (χ3n) is 3.45. The summed E-state index contributed by atoms with van der Waals surface area (Å²) in [6.45, 7) is 4.89. The predicted molar refractivity (Wildman–Crippen MR) is 66.3 cm³/mol. The molecule has 0 spiro atoms. The van der Waals surface area contributed by atoms with Crippen molar-refractivity contribution in [3.05, 3.63) is 33.4 Å². The monoisotopic (exact) mass is 236 g/mol. The van der Waals surface area contributed by atoms with Gasteiger partial charge in [0.05, 0.1) is 6.10 Å². The van der Waals surface area contributed by atoms with Crippen LogP contribution in [0.15, 0.2) is 15.5 Å². The Morgan fingerprint density at radius 1 is 1.41 bits per heavy atom. The van der Waals surface area contributed by atoms with Gasteiger partial charge in [0.25, 0.3) is 0 Å². The fraction of sp³-hybridized carbons (Fsp3) is 0.643. The first-order valence-electron chi connectivity index (χ1n) is 6.46. The fourth-order valence-electron chi connectivity index (χ4n) is 2.45. The molecule has 0 aromatic carbocycles. The first kappa shape index (κ1) is 12.4. The number of hydrogen-bond donors (Lipinski definition) is 0. The van der Waals surface area contributed by atoms with Crippen LogP contribution in [0.5, 0.6) is 0 Å². The number of rotatable bonds is 3. The van der Waals surface area contributed by atoms with E-state index in [1.54, 1.807) is 6.26 Å². The lowest BCUT2D eigenvalue weighted by Gasteiger charge is -2.24. The summed E-state index contributed by atoms with van der Waals surface area (Å²) < 4.78 is 10.9. The van der Waals surface area contributed by atoms with E-state index in [0.29, 0.717) is 0 Å². The largest absolute Gasteiger partial charge is 0.431 e. The van der Waals surface area contributed by atoms with Gasteiger partial charge in [0.2, 0.25) is 0 Å². The predicted octanol–water partition coefficient (Wildman–Crippen LogP) is 3.14. The molecule has 17 heavy (non-hydrogen) atoms. The van der Waals surface area contributed by atoms with Crippen molar-refractivity contribution in [3.63, 3.8) is 0 Å². The van der Waals surface area contributed by atoms with Crippen LogP contribution in [-0.4, -0.2) is 6.61 Å². The maximum atomic E-state index is 11.7. The molecule has 1 aromatic rings. The van der Waals surface area contributed by atoms with Gasteiger partial charge in [0.15, 0.2) is 0 Å². The summed E-state index contributed by atoms with van der Waals surface area (Å²) in [6.07, 6.45) is 6.80. The second-order valence-corrected chi connectivity index (χ2v) is 4.69. The van der Waals surface area contributed by atoms with Crippen molar-refractivity contribution >= 4 is 0 Å². The van der Waals surface area contributed by atoms with Gasteiger partial charge in [0, 0.05) is 17.7 Å². The van der Waals surface area contributed by atoms with E-state index in [0.717, 1.165) is 49.0 Å². The summed E-state index contributed by atoms with van der Waals surface area (Å²) in [5.74, 6) is 0. The molecule has 1 aliphatic heterocycles. The van der Waals surface area contributed by atoms with Crippen LogP contribution in [0.2, 0.25) is 0 Å². The highest BCUT2D eigenvalue weighted by atomic mass is 16.5. The minimum absolute atomic E-state index is 0.115. The normalized spacial score (nSPS) is 20.5. The standard InChI is InChI=1S/C14H20O3/c1-3-6-11-10(2)12(9-17-14(11)15)13-7-4-5-8-16-13/h9,13H,3-8H2,1-2H3. The minimum Gasteiger partial charge on any atom is -0.431 e.